The van der Waals surface area contributed by atoms with Gasteiger partial charge in [-0.3, -0.25) is 10.1 Å². The number of amides is 1. The summed E-state index contributed by atoms with van der Waals surface area (Å²) in [5, 5.41) is 8.66. The summed E-state index contributed by atoms with van der Waals surface area (Å²) in [7, 11) is 0. The van der Waals surface area contributed by atoms with Gasteiger partial charge < -0.3 is 8.97 Å². The van der Waals surface area contributed by atoms with E-state index >= 15 is 0 Å². The lowest BCUT2D eigenvalue weighted by molar-refractivity contribution is -0.139. The number of carbonyl (C=O) groups excluding carboxylic acids is 1. The molecule has 2 aromatic rings. The summed E-state index contributed by atoms with van der Waals surface area (Å²) in [6.07, 6.45) is -3.71. The average molecular weight is 368 g/mol. The molecule has 0 aliphatic carbocycles. The van der Waals surface area contributed by atoms with E-state index in [0.29, 0.717) is 6.07 Å². The molecule has 0 spiro atoms. The predicted molar refractivity (Wildman–Crippen MR) is 75.8 cm³/mol. The number of hydrogen-bond donors (Lipinski definition) is 1. The molecule has 6 nitrogen and oxygen atoms in total. The van der Waals surface area contributed by atoms with Crippen LogP contribution in [0.5, 0.6) is 0 Å². The fourth-order valence-corrected chi connectivity index (χ4v) is 3.18. The number of anilines is 1. The Morgan fingerprint density at radius 3 is 2.52 bits per heavy atom. The zero-order chi connectivity index (χ0) is 17.4. The van der Waals surface area contributed by atoms with E-state index < -0.39 is 38.7 Å². The van der Waals surface area contributed by atoms with Crippen molar-refractivity contribution in [1.82, 2.24) is 10.2 Å². The monoisotopic (exact) mass is 367 g/mol. The van der Waals surface area contributed by atoms with Gasteiger partial charge in [-0.1, -0.05) is 16.7 Å². The maximum Gasteiger partial charge on any atom is 0.421 e. The Hall–Kier alpha value is -1.78. The Labute approximate surface area is 136 Å². The van der Waals surface area contributed by atoms with Crippen LogP contribution in [-0.4, -0.2) is 26.9 Å². The van der Waals surface area contributed by atoms with Crippen molar-refractivity contribution in [2.24, 2.45) is 0 Å². The normalized spacial score (nSPS) is 13.0. The van der Waals surface area contributed by atoms with Crippen molar-refractivity contribution in [3.63, 3.8) is 0 Å². The summed E-state index contributed by atoms with van der Waals surface area (Å²) < 4.78 is 55.4. The largest absolute Gasteiger partial charge is 0.612 e. The lowest BCUT2D eigenvalue weighted by atomic mass is 10.1. The Balaban J connectivity index is 2.44. The van der Waals surface area contributed by atoms with E-state index in [9.17, 15) is 22.5 Å². The van der Waals surface area contributed by atoms with Gasteiger partial charge in [0.15, 0.2) is 4.90 Å². The number of benzene rings is 1. The number of alkyl halides is 3. The number of carbonyl (C=O) groups is 1. The summed E-state index contributed by atoms with van der Waals surface area (Å²) in [4.78, 5) is 11.4. The Bertz CT molecular complexity index is 749. The fourth-order valence-electron chi connectivity index (χ4n) is 1.75. The lowest BCUT2D eigenvalue weighted by Gasteiger charge is -2.16. The molecule has 0 fully saturated rings. The number of aromatic nitrogens is 2. The molecule has 1 aromatic heterocycles. The van der Waals surface area contributed by atoms with E-state index in [4.69, 9.17) is 16.0 Å². The van der Waals surface area contributed by atoms with Crippen molar-refractivity contribution in [1.29, 1.82) is 0 Å². The third-order valence-electron chi connectivity index (χ3n) is 2.68. The topological polar surface area (TPSA) is 91.1 Å². The minimum atomic E-state index is -4.75. The van der Waals surface area contributed by atoms with Crippen LogP contribution in [0.4, 0.5) is 19.2 Å². The summed E-state index contributed by atoms with van der Waals surface area (Å²) in [5.74, 6) is -0.673. The summed E-state index contributed by atoms with van der Waals surface area (Å²) >= 11 is 3.81. The quantitative estimate of drug-likeness (QED) is 0.842. The van der Waals surface area contributed by atoms with Gasteiger partial charge in [-0.25, -0.2) is 0 Å². The standard InChI is InChI=1S/C12H9ClF3N3O3S/c1-5-18-19-11(22-5)17-10(20)6-3-4-7(12(14,15)16)9(8(6)13)23(2)21/h3-4H,1-2H3,(H,17,19,20)/t23-/m1/s1. The smallest absolute Gasteiger partial charge is 0.421 e. The zero-order valence-corrected chi connectivity index (χ0v) is 13.3. The van der Waals surface area contributed by atoms with E-state index in [1.807, 2.05) is 0 Å². The molecule has 0 saturated carbocycles. The van der Waals surface area contributed by atoms with Gasteiger partial charge in [0.05, 0.1) is 5.56 Å². The average Bonchev–Trinajstić information content (AvgIpc) is 2.81. The second-order valence-electron chi connectivity index (χ2n) is 4.34. The van der Waals surface area contributed by atoms with Crippen LogP contribution < -0.4 is 5.32 Å². The predicted octanol–water partition coefficient (Wildman–Crippen LogP) is 3.04. The fraction of sp³-hybridized carbons (Fsp3) is 0.250. The van der Waals surface area contributed by atoms with Crippen LogP contribution in [0.15, 0.2) is 21.4 Å². The highest BCUT2D eigenvalue weighted by Crippen LogP contribution is 2.39. The van der Waals surface area contributed by atoms with Gasteiger partial charge in [0.2, 0.25) is 5.89 Å². The molecule has 23 heavy (non-hydrogen) atoms. The van der Waals surface area contributed by atoms with Crippen molar-refractivity contribution in [3.05, 3.63) is 34.2 Å². The van der Waals surface area contributed by atoms with Crippen molar-refractivity contribution in [2.75, 3.05) is 11.6 Å². The zero-order valence-electron chi connectivity index (χ0n) is 11.7. The molecule has 1 aromatic carbocycles. The van der Waals surface area contributed by atoms with Crippen molar-refractivity contribution < 1.29 is 26.9 Å². The van der Waals surface area contributed by atoms with Crippen LogP contribution in [0.3, 0.4) is 0 Å². The lowest BCUT2D eigenvalue weighted by Crippen LogP contribution is -2.18. The number of nitrogens with zero attached hydrogens (tertiary/aromatic N) is 2. The summed E-state index contributed by atoms with van der Waals surface area (Å²) in [6, 6.07) is 1.30. The Morgan fingerprint density at radius 2 is 2.04 bits per heavy atom. The maximum atomic E-state index is 12.9. The van der Waals surface area contributed by atoms with Gasteiger partial charge in [-0.2, -0.15) is 13.2 Å². The van der Waals surface area contributed by atoms with E-state index in [1.165, 1.54) is 6.92 Å². The number of hydrogen-bond acceptors (Lipinski definition) is 5. The van der Waals surface area contributed by atoms with Gasteiger partial charge in [-0.05, 0) is 23.3 Å². The summed E-state index contributed by atoms with van der Waals surface area (Å²) in [5.41, 5.74) is -1.45. The third kappa shape index (κ3) is 3.77. The maximum absolute atomic E-state index is 12.9. The number of halogens is 4. The van der Waals surface area contributed by atoms with Crippen LogP contribution in [-0.2, 0) is 17.4 Å². The van der Waals surface area contributed by atoms with Crippen molar-refractivity contribution in [3.8, 4) is 0 Å². The van der Waals surface area contributed by atoms with Gasteiger partial charge >= 0.3 is 12.2 Å². The van der Waals surface area contributed by atoms with Gasteiger partial charge in [0.1, 0.15) is 16.8 Å². The molecule has 0 aliphatic rings. The first kappa shape index (κ1) is 17.6. The van der Waals surface area contributed by atoms with E-state index in [1.54, 1.807) is 0 Å². The van der Waals surface area contributed by atoms with Crippen molar-refractivity contribution >= 4 is 34.7 Å². The molecule has 1 N–H and O–H groups in total. The molecule has 0 aliphatic heterocycles. The minimum absolute atomic E-state index is 0.189. The van der Waals surface area contributed by atoms with Crippen LogP contribution in [0.1, 0.15) is 21.8 Å². The van der Waals surface area contributed by atoms with Crippen LogP contribution in [0.2, 0.25) is 5.02 Å². The van der Waals surface area contributed by atoms with E-state index in [0.717, 1.165) is 12.3 Å². The van der Waals surface area contributed by atoms with Gasteiger partial charge in [-0.15, -0.1) is 5.10 Å². The van der Waals surface area contributed by atoms with Crippen LogP contribution >= 0.6 is 11.6 Å². The molecule has 0 bridgehead atoms. The highest BCUT2D eigenvalue weighted by Gasteiger charge is 2.39. The van der Waals surface area contributed by atoms with E-state index in [2.05, 4.69) is 15.5 Å². The first-order chi connectivity index (χ1) is 10.6. The second kappa shape index (κ2) is 6.38. The Morgan fingerprint density at radius 1 is 1.39 bits per heavy atom. The van der Waals surface area contributed by atoms with Crippen molar-refractivity contribution in [2.45, 2.75) is 18.0 Å². The van der Waals surface area contributed by atoms with Crippen LogP contribution in [0, 0.1) is 6.92 Å². The van der Waals surface area contributed by atoms with Gasteiger partial charge in [0, 0.05) is 6.92 Å². The molecule has 1 amide bonds. The third-order valence-corrected chi connectivity index (χ3v) is 4.18. The first-order valence-electron chi connectivity index (χ1n) is 5.96. The molecule has 0 unspecified atom stereocenters. The highest BCUT2D eigenvalue weighted by atomic mass is 35.5. The molecular weight excluding hydrogens is 359 g/mol. The number of aryl methyl sites for hydroxylation is 1. The molecule has 1 atom stereocenters. The summed E-state index contributed by atoms with van der Waals surface area (Å²) in [6.45, 7) is 1.49. The molecular formula is C12H9ClF3N3O3S. The second-order valence-corrected chi connectivity index (χ2v) is 6.03. The number of rotatable bonds is 3. The molecule has 0 radical (unpaired) electrons. The number of nitrogens with one attached hydrogen (secondary N) is 1. The SMILES string of the molecule is Cc1nnc(NC(=O)c2ccc(C(F)(F)F)c([S@@+](C)[O-])c2Cl)o1. The van der Waals surface area contributed by atoms with Crippen LogP contribution in [0.25, 0.3) is 0 Å². The molecule has 124 valence electrons. The first-order valence-corrected chi connectivity index (χ1v) is 7.89. The Kier molecular flexibility index (Phi) is 4.87. The van der Waals surface area contributed by atoms with Gasteiger partial charge in [0.25, 0.3) is 5.91 Å². The van der Waals surface area contributed by atoms with E-state index in [-0.39, 0.29) is 17.5 Å². The molecule has 0 saturated heterocycles. The highest BCUT2D eigenvalue weighted by molar-refractivity contribution is 7.90. The minimum Gasteiger partial charge on any atom is -0.612 e. The molecule has 1 heterocycles. The molecule has 2 rings (SSSR count). The molecule has 11 heteroatoms.